The van der Waals surface area contributed by atoms with Gasteiger partial charge >= 0.3 is 0 Å². The molecule has 59 valence electrons. The molecule has 0 N–H and O–H groups in total. The Kier molecular flexibility index (Phi) is 4.51. The maximum atomic E-state index is 8.83. The average molecular weight is 156 g/mol. The first-order valence-electron chi connectivity index (χ1n) is 3.88. The first-order valence-corrected chi connectivity index (χ1v) is 3.88. The highest BCUT2D eigenvalue weighted by molar-refractivity contribution is 6.44. The SMILES string of the molecule is [B]/C(C)=C(C)/C(C#N)=C(\C)[B]C. The second kappa shape index (κ2) is 4.87. The van der Waals surface area contributed by atoms with Gasteiger partial charge in [-0.05, 0) is 12.5 Å². The van der Waals surface area contributed by atoms with Crippen molar-refractivity contribution in [2.24, 2.45) is 0 Å². The van der Waals surface area contributed by atoms with E-state index >= 15 is 0 Å². The minimum atomic E-state index is 0.678. The number of allylic oxidation sites excluding steroid dienone is 4. The van der Waals surface area contributed by atoms with E-state index in [2.05, 4.69) is 6.07 Å². The van der Waals surface area contributed by atoms with E-state index in [1.54, 1.807) is 6.92 Å². The van der Waals surface area contributed by atoms with Gasteiger partial charge in [0.25, 0.3) is 0 Å². The maximum Gasteiger partial charge on any atom is 0.143 e. The Morgan fingerprint density at radius 3 is 2.08 bits per heavy atom. The number of hydrogen-bond acceptors (Lipinski definition) is 1. The molecule has 12 heavy (non-hydrogen) atoms. The Labute approximate surface area is 76.8 Å². The summed E-state index contributed by atoms with van der Waals surface area (Å²) in [5, 5.41) is 8.83. The number of nitrogens with zero attached hydrogens (tertiary/aromatic N) is 1. The van der Waals surface area contributed by atoms with Crippen LogP contribution in [-0.2, 0) is 0 Å². The van der Waals surface area contributed by atoms with Crippen molar-refractivity contribution in [3.8, 4) is 6.07 Å². The quantitative estimate of drug-likeness (QED) is 0.340. The molecule has 0 saturated carbocycles. The molecular weight excluding hydrogens is 144 g/mol. The number of rotatable bonds is 2. The molecule has 0 aliphatic rings. The van der Waals surface area contributed by atoms with E-state index in [4.69, 9.17) is 13.1 Å². The molecule has 0 heterocycles. The van der Waals surface area contributed by atoms with Gasteiger partial charge in [-0.1, -0.05) is 26.1 Å². The molecule has 0 unspecified atom stereocenters. The van der Waals surface area contributed by atoms with Crippen LogP contribution >= 0.6 is 0 Å². The smallest absolute Gasteiger partial charge is 0.143 e. The summed E-state index contributed by atoms with van der Waals surface area (Å²) >= 11 is 0. The molecule has 1 nitrogen and oxygen atoms in total. The Balaban J connectivity index is 5.11. The summed E-state index contributed by atoms with van der Waals surface area (Å²) in [6.07, 6.45) is 0. The second-order valence-electron chi connectivity index (χ2n) is 2.77. The van der Waals surface area contributed by atoms with Crippen LogP contribution in [0.3, 0.4) is 0 Å². The van der Waals surface area contributed by atoms with Gasteiger partial charge < -0.3 is 0 Å². The van der Waals surface area contributed by atoms with Crippen molar-refractivity contribution in [3.63, 3.8) is 0 Å². The average Bonchev–Trinajstić information content (AvgIpc) is 2.05. The molecule has 0 spiro atoms. The van der Waals surface area contributed by atoms with E-state index in [1.165, 1.54) is 0 Å². The van der Waals surface area contributed by atoms with Gasteiger partial charge in [0.2, 0.25) is 0 Å². The van der Waals surface area contributed by atoms with Crippen molar-refractivity contribution in [1.82, 2.24) is 0 Å². The maximum absolute atomic E-state index is 8.83. The van der Waals surface area contributed by atoms with E-state index in [1.807, 2.05) is 28.0 Å². The standard InChI is InChI=1S/C9H12B2N/c1-6(7(2)10)9(5-12)8(3)11-4/h1-4H3/b7-6+,9-8+. The lowest BCUT2D eigenvalue weighted by atomic mass is 9.69. The number of hydrogen-bond donors (Lipinski definition) is 0. The van der Waals surface area contributed by atoms with Crippen LogP contribution in [0, 0.1) is 11.3 Å². The summed E-state index contributed by atoms with van der Waals surface area (Å²) in [4.78, 5) is 0. The Morgan fingerprint density at radius 2 is 1.83 bits per heavy atom. The normalized spacial score (nSPS) is 14.2. The van der Waals surface area contributed by atoms with Crippen molar-refractivity contribution < 1.29 is 0 Å². The van der Waals surface area contributed by atoms with Crippen LogP contribution in [0.1, 0.15) is 20.8 Å². The Morgan fingerprint density at radius 1 is 1.33 bits per heavy atom. The highest BCUT2D eigenvalue weighted by Gasteiger charge is 2.03. The van der Waals surface area contributed by atoms with Gasteiger partial charge in [-0.25, -0.2) is 0 Å². The van der Waals surface area contributed by atoms with Gasteiger partial charge in [-0.2, -0.15) is 5.26 Å². The molecule has 0 aromatic heterocycles. The van der Waals surface area contributed by atoms with E-state index in [0.717, 1.165) is 11.0 Å². The van der Waals surface area contributed by atoms with Crippen LogP contribution in [0.5, 0.6) is 0 Å². The third kappa shape index (κ3) is 2.62. The molecule has 0 aromatic rings. The Hall–Kier alpha value is -0.900. The summed E-state index contributed by atoms with van der Waals surface area (Å²) < 4.78 is 0. The second-order valence-corrected chi connectivity index (χ2v) is 2.77. The van der Waals surface area contributed by atoms with E-state index in [9.17, 15) is 0 Å². The minimum absolute atomic E-state index is 0.678. The molecule has 0 aromatic carbocycles. The van der Waals surface area contributed by atoms with Crippen molar-refractivity contribution >= 4 is 15.1 Å². The van der Waals surface area contributed by atoms with Crippen LogP contribution in [0.15, 0.2) is 22.1 Å². The molecule has 0 aliphatic carbocycles. The molecule has 0 fully saturated rings. The first-order chi connectivity index (χ1) is 5.54. The van der Waals surface area contributed by atoms with Gasteiger partial charge in [-0.15, -0.1) is 5.47 Å². The largest absolute Gasteiger partial charge is 0.192 e. The third-order valence-corrected chi connectivity index (χ3v) is 1.91. The van der Waals surface area contributed by atoms with Gasteiger partial charge in [0.05, 0.1) is 6.07 Å². The first kappa shape index (κ1) is 11.1. The summed E-state index contributed by atoms with van der Waals surface area (Å²) in [5.41, 5.74) is 3.22. The van der Waals surface area contributed by atoms with Gasteiger partial charge in [0.1, 0.15) is 15.1 Å². The molecule has 0 rings (SSSR count). The van der Waals surface area contributed by atoms with E-state index < -0.39 is 0 Å². The lowest BCUT2D eigenvalue weighted by molar-refractivity contribution is 1.33. The zero-order chi connectivity index (χ0) is 9.72. The molecule has 3 heteroatoms. The molecule has 0 amide bonds. The predicted octanol–water partition coefficient (Wildman–Crippen LogP) is 2.00. The van der Waals surface area contributed by atoms with Crippen LogP contribution in [0.25, 0.3) is 0 Å². The van der Waals surface area contributed by atoms with E-state index in [0.29, 0.717) is 11.0 Å². The summed E-state index contributed by atoms with van der Waals surface area (Å²) in [6, 6.07) is 2.14. The lowest BCUT2D eigenvalue weighted by Gasteiger charge is -2.05. The molecule has 0 bridgehead atoms. The highest BCUT2D eigenvalue weighted by atomic mass is 14.2. The van der Waals surface area contributed by atoms with Gasteiger partial charge in [-0.3, -0.25) is 0 Å². The Bertz CT molecular complexity index is 265. The van der Waals surface area contributed by atoms with Crippen molar-refractivity contribution in [2.75, 3.05) is 0 Å². The van der Waals surface area contributed by atoms with Crippen molar-refractivity contribution in [3.05, 3.63) is 22.1 Å². The van der Waals surface area contributed by atoms with Crippen molar-refractivity contribution in [1.29, 1.82) is 5.26 Å². The third-order valence-electron chi connectivity index (χ3n) is 1.91. The molecule has 0 aliphatic heterocycles. The summed E-state index contributed by atoms with van der Waals surface area (Å²) in [7, 11) is 7.49. The van der Waals surface area contributed by atoms with Gasteiger partial charge in [0.15, 0.2) is 0 Å². The highest BCUT2D eigenvalue weighted by Crippen LogP contribution is 2.15. The van der Waals surface area contributed by atoms with Gasteiger partial charge in [0, 0.05) is 5.57 Å². The van der Waals surface area contributed by atoms with Crippen LogP contribution < -0.4 is 0 Å². The molecular formula is C9H12B2N. The zero-order valence-electron chi connectivity index (χ0n) is 8.10. The topological polar surface area (TPSA) is 23.8 Å². The zero-order valence-corrected chi connectivity index (χ0v) is 8.10. The predicted molar refractivity (Wildman–Crippen MR) is 54.1 cm³/mol. The lowest BCUT2D eigenvalue weighted by Crippen LogP contribution is -1.96. The number of nitriles is 1. The summed E-state index contributed by atoms with van der Waals surface area (Å²) in [5.74, 6) is 0. The van der Waals surface area contributed by atoms with E-state index in [-0.39, 0.29) is 0 Å². The minimum Gasteiger partial charge on any atom is -0.192 e. The monoisotopic (exact) mass is 156 g/mol. The van der Waals surface area contributed by atoms with Crippen LogP contribution in [0.2, 0.25) is 6.82 Å². The fraction of sp³-hybridized carbons (Fsp3) is 0.444. The van der Waals surface area contributed by atoms with Crippen molar-refractivity contribution in [2.45, 2.75) is 27.6 Å². The fourth-order valence-corrected chi connectivity index (χ4v) is 0.809. The summed E-state index contributed by atoms with van der Waals surface area (Å²) in [6.45, 7) is 7.48. The van der Waals surface area contributed by atoms with Crippen LogP contribution in [0.4, 0.5) is 0 Å². The van der Waals surface area contributed by atoms with Crippen LogP contribution in [-0.4, -0.2) is 15.1 Å². The fourth-order valence-electron chi connectivity index (χ4n) is 0.809. The molecule has 0 saturated heterocycles. The molecule has 0 atom stereocenters. The molecule has 3 radical (unpaired) electrons.